The van der Waals surface area contributed by atoms with Crippen molar-refractivity contribution < 1.29 is 24.2 Å². The minimum atomic E-state index is -1.26. The van der Waals surface area contributed by atoms with E-state index in [1.165, 1.54) is 0 Å². The second-order valence-electron chi connectivity index (χ2n) is 11.2. The number of benzene rings is 2. The fourth-order valence-electron chi connectivity index (χ4n) is 4.78. The van der Waals surface area contributed by atoms with Crippen molar-refractivity contribution in [3.8, 4) is 0 Å². The van der Waals surface area contributed by atoms with Crippen LogP contribution in [0.25, 0.3) is 0 Å². The highest BCUT2D eigenvalue weighted by atomic mass is 16.5. The standard InChI is InChI=1S/C33H50N4O5/c1-7-15-37(16-8-2)33(41)27-19-24(5)18-26(21-27)31(39)36-28(20-25-12-10-9-11-13-25)30(38)29(34-14-17-42-6)32(40)35-22-23(3)4/h9-13,18-19,21,23,28-30,34,38H,7-8,14-17,20,22H2,1-6H3,(H,35,40)(H,36,39)/t28-,29+,30+/m0/s1. The first-order valence-electron chi connectivity index (χ1n) is 15.0. The van der Waals surface area contributed by atoms with E-state index in [9.17, 15) is 19.5 Å². The highest BCUT2D eigenvalue weighted by molar-refractivity contribution is 6.00. The Labute approximate surface area is 251 Å². The maximum atomic E-state index is 13.7. The van der Waals surface area contributed by atoms with Crippen LogP contribution >= 0.6 is 0 Å². The van der Waals surface area contributed by atoms with Crippen LogP contribution < -0.4 is 16.0 Å². The zero-order valence-corrected chi connectivity index (χ0v) is 26.1. The van der Waals surface area contributed by atoms with Gasteiger partial charge in [0.2, 0.25) is 5.91 Å². The van der Waals surface area contributed by atoms with Crippen molar-refractivity contribution in [1.82, 2.24) is 20.9 Å². The Morgan fingerprint density at radius 3 is 2.21 bits per heavy atom. The number of amides is 3. The lowest BCUT2D eigenvalue weighted by Gasteiger charge is -2.31. The molecule has 0 saturated heterocycles. The maximum absolute atomic E-state index is 13.7. The van der Waals surface area contributed by atoms with Gasteiger partial charge in [-0.2, -0.15) is 0 Å². The molecule has 3 amide bonds. The Hall–Kier alpha value is -3.27. The molecule has 0 bridgehead atoms. The number of carbonyl (C=O) groups excluding carboxylic acids is 3. The van der Waals surface area contributed by atoms with E-state index in [4.69, 9.17) is 4.74 Å². The summed E-state index contributed by atoms with van der Waals surface area (Å²) in [5.74, 6) is -0.658. The zero-order chi connectivity index (χ0) is 31.1. The molecule has 9 nitrogen and oxygen atoms in total. The molecule has 2 aromatic rings. The molecule has 0 heterocycles. The van der Waals surface area contributed by atoms with Gasteiger partial charge in [0.25, 0.3) is 11.8 Å². The minimum Gasteiger partial charge on any atom is -0.389 e. The van der Waals surface area contributed by atoms with Gasteiger partial charge in [0.15, 0.2) is 0 Å². The summed E-state index contributed by atoms with van der Waals surface area (Å²) in [5.41, 5.74) is 2.46. The van der Waals surface area contributed by atoms with Crippen molar-refractivity contribution in [3.63, 3.8) is 0 Å². The van der Waals surface area contributed by atoms with Crippen LogP contribution in [0.4, 0.5) is 0 Å². The molecule has 0 fully saturated rings. The molecule has 42 heavy (non-hydrogen) atoms. The number of carbonyl (C=O) groups is 3. The predicted molar refractivity (Wildman–Crippen MR) is 167 cm³/mol. The van der Waals surface area contributed by atoms with Crippen molar-refractivity contribution in [3.05, 3.63) is 70.8 Å². The number of methoxy groups -OCH3 is 1. The molecule has 0 aliphatic rings. The third-order valence-corrected chi connectivity index (χ3v) is 6.87. The van der Waals surface area contributed by atoms with Crippen LogP contribution in [0, 0.1) is 12.8 Å². The molecule has 232 valence electrons. The summed E-state index contributed by atoms with van der Waals surface area (Å²) in [7, 11) is 1.56. The third-order valence-electron chi connectivity index (χ3n) is 6.87. The molecule has 3 atom stereocenters. The van der Waals surface area contributed by atoms with Crippen LogP contribution in [0.3, 0.4) is 0 Å². The highest BCUT2D eigenvalue weighted by Crippen LogP contribution is 2.16. The average molecular weight is 583 g/mol. The molecule has 0 aliphatic carbocycles. The van der Waals surface area contributed by atoms with Crippen molar-refractivity contribution in [2.24, 2.45) is 5.92 Å². The van der Waals surface area contributed by atoms with Crippen LogP contribution in [0.1, 0.15) is 72.4 Å². The van der Waals surface area contributed by atoms with E-state index < -0.39 is 24.1 Å². The van der Waals surface area contributed by atoms with E-state index in [0.717, 1.165) is 24.0 Å². The molecular weight excluding hydrogens is 532 g/mol. The van der Waals surface area contributed by atoms with Gasteiger partial charge in [-0.15, -0.1) is 0 Å². The van der Waals surface area contributed by atoms with Gasteiger partial charge in [-0.05, 0) is 61.4 Å². The van der Waals surface area contributed by atoms with E-state index in [-0.39, 0.29) is 17.7 Å². The molecular formula is C33H50N4O5. The van der Waals surface area contributed by atoms with Gasteiger partial charge in [0.1, 0.15) is 6.04 Å². The molecule has 0 saturated carbocycles. The van der Waals surface area contributed by atoms with Gasteiger partial charge in [0, 0.05) is 44.4 Å². The predicted octanol–water partition coefficient (Wildman–Crippen LogP) is 3.34. The lowest BCUT2D eigenvalue weighted by molar-refractivity contribution is -0.126. The number of rotatable bonds is 18. The van der Waals surface area contributed by atoms with E-state index in [1.807, 2.05) is 69.9 Å². The molecule has 0 aliphatic heterocycles. The molecule has 0 spiro atoms. The first kappa shape index (κ1) is 34.9. The number of nitrogens with zero attached hydrogens (tertiary/aromatic N) is 1. The average Bonchev–Trinajstić information content (AvgIpc) is 2.97. The van der Waals surface area contributed by atoms with Crippen LogP contribution in [0.2, 0.25) is 0 Å². The van der Waals surface area contributed by atoms with E-state index in [1.54, 1.807) is 25.3 Å². The first-order chi connectivity index (χ1) is 20.1. The second kappa shape index (κ2) is 18.3. The smallest absolute Gasteiger partial charge is 0.253 e. The van der Waals surface area contributed by atoms with E-state index in [0.29, 0.717) is 50.3 Å². The molecule has 0 radical (unpaired) electrons. The number of nitrogens with one attached hydrogen (secondary N) is 3. The molecule has 2 aromatic carbocycles. The lowest BCUT2D eigenvalue weighted by Crippen LogP contribution is -2.60. The van der Waals surface area contributed by atoms with Gasteiger partial charge in [-0.25, -0.2) is 0 Å². The molecule has 9 heteroatoms. The van der Waals surface area contributed by atoms with E-state index >= 15 is 0 Å². The van der Waals surface area contributed by atoms with Gasteiger partial charge in [-0.1, -0.05) is 58.0 Å². The number of ether oxygens (including phenoxy) is 1. The summed E-state index contributed by atoms with van der Waals surface area (Å²) in [6.07, 6.45) is 0.725. The summed E-state index contributed by atoms with van der Waals surface area (Å²) < 4.78 is 5.14. The molecule has 4 N–H and O–H groups in total. The zero-order valence-electron chi connectivity index (χ0n) is 26.1. The van der Waals surface area contributed by atoms with Crippen molar-refractivity contribution >= 4 is 17.7 Å². The Kier molecular flexibility index (Phi) is 15.2. The monoisotopic (exact) mass is 582 g/mol. The Morgan fingerprint density at radius 1 is 0.976 bits per heavy atom. The highest BCUT2D eigenvalue weighted by Gasteiger charge is 2.34. The van der Waals surface area contributed by atoms with Gasteiger partial charge in [-0.3, -0.25) is 14.4 Å². The normalized spacial score (nSPS) is 13.3. The van der Waals surface area contributed by atoms with E-state index in [2.05, 4.69) is 16.0 Å². The fraction of sp³-hybridized carbons (Fsp3) is 0.545. The Morgan fingerprint density at radius 2 is 1.62 bits per heavy atom. The maximum Gasteiger partial charge on any atom is 0.253 e. The minimum absolute atomic E-state index is 0.110. The summed E-state index contributed by atoms with van der Waals surface area (Å²) in [6, 6.07) is 12.8. The number of aliphatic hydroxyl groups excluding tert-OH is 1. The van der Waals surface area contributed by atoms with Crippen LogP contribution in [0.15, 0.2) is 48.5 Å². The summed E-state index contributed by atoms with van der Waals surface area (Å²) in [4.78, 5) is 42.0. The third kappa shape index (κ3) is 11.2. The van der Waals surface area contributed by atoms with Crippen LogP contribution in [-0.2, 0) is 16.0 Å². The van der Waals surface area contributed by atoms with Crippen molar-refractivity contribution in [2.45, 2.75) is 72.1 Å². The largest absolute Gasteiger partial charge is 0.389 e. The van der Waals surface area contributed by atoms with Gasteiger partial charge < -0.3 is 30.7 Å². The lowest BCUT2D eigenvalue weighted by atomic mass is 9.94. The second-order valence-corrected chi connectivity index (χ2v) is 11.2. The number of hydrogen-bond donors (Lipinski definition) is 4. The summed E-state index contributed by atoms with van der Waals surface area (Å²) in [5, 5.41) is 20.6. The molecule has 2 rings (SSSR count). The summed E-state index contributed by atoms with van der Waals surface area (Å²) >= 11 is 0. The molecule has 0 unspecified atom stereocenters. The Balaban J connectivity index is 2.39. The van der Waals surface area contributed by atoms with Crippen molar-refractivity contribution in [1.29, 1.82) is 0 Å². The quantitative estimate of drug-likeness (QED) is 0.200. The topological polar surface area (TPSA) is 120 Å². The van der Waals surface area contributed by atoms with Crippen LogP contribution in [0.5, 0.6) is 0 Å². The fourth-order valence-corrected chi connectivity index (χ4v) is 4.78. The SMILES string of the molecule is CCCN(CCC)C(=O)c1cc(C)cc(C(=O)N[C@@H](Cc2ccccc2)[C@@H](O)[C@@H](NCCOC)C(=O)NCC(C)C)c1. The summed E-state index contributed by atoms with van der Waals surface area (Å²) in [6.45, 7) is 12.3. The number of aryl methyl sites for hydroxylation is 1. The van der Waals surface area contributed by atoms with Crippen LogP contribution in [-0.4, -0.2) is 85.8 Å². The van der Waals surface area contributed by atoms with Gasteiger partial charge >= 0.3 is 0 Å². The molecule has 0 aromatic heterocycles. The number of aliphatic hydroxyl groups is 1. The number of hydrogen-bond acceptors (Lipinski definition) is 6. The van der Waals surface area contributed by atoms with Crippen molar-refractivity contribution in [2.75, 3.05) is 39.9 Å². The first-order valence-corrected chi connectivity index (χ1v) is 15.0. The Bertz CT molecular complexity index is 1120. The van der Waals surface area contributed by atoms with Gasteiger partial charge in [0.05, 0.1) is 18.8 Å².